The fraction of sp³-hybridized carbons (Fsp3) is 0.438. The van der Waals surface area contributed by atoms with Crippen LogP contribution in [0.2, 0.25) is 0 Å². The van der Waals surface area contributed by atoms with Gasteiger partial charge < -0.3 is 14.6 Å². The van der Waals surface area contributed by atoms with Crippen molar-refractivity contribution in [3.05, 3.63) is 47.1 Å². The number of hydrogen-bond acceptors (Lipinski definition) is 4. The Labute approximate surface area is 124 Å². The highest BCUT2D eigenvalue weighted by molar-refractivity contribution is 5.28. The lowest BCUT2D eigenvalue weighted by Crippen LogP contribution is -2.19. The van der Waals surface area contributed by atoms with E-state index < -0.39 is 0 Å². The van der Waals surface area contributed by atoms with Crippen LogP contribution in [0, 0.1) is 18.7 Å². The molecule has 1 aromatic carbocycles. The van der Waals surface area contributed by atoms with Gasteiger partial charge in [-0.15, -0.1) is 0 Å². The molecular formula is C16H21FN2O2. The molecule has 1 N–H and O–H groups in total. The minimum atomic E-state index is -0.236. The van der Waals surface area contributed by atoms with Gasteiger partial charge in [0.2, 0.25) is 0 Å². The number of nitrogens with zero attached hydrogens (tertiary/aromatic N) is 1. The zero-order chi connectivity index (χ0) is 15.2. The Balaban J connectivity index is 1.83. The number of benzene rings is 1. The van der Waals surface area contributed by atoms with E-state index in [0.29, 0.717) is 29.5 Å². The standard InChI is InChI=1S/C16H21FN2O2/c1-11(2)8-18-9-13-7-15(21-19-13)10-20-14-4-5-16(17)12(3)6-14/h4-7,11,18H,8-10H2,1-3H3. The smallest absolute Gasteiger partial charge is 0.174 e. The van der Waals surface area contributed by atoms with Crippen molar-refractivity contribution in [1.82, 2.24) is 10.5 Å². The van der Waals surface area contributed by atoms with Crippen molar-refractivity contribution in [2.45, 2.75) is 33.9 Å². The number of halogens is 1. The van der Waals surface area contributed by atoms with Gasteiger partial charge in [-0.05, 0) is 43.1 Å². The van der Waals surface area contributed by atoms with Crippen molar-refractivity contribution >= 4 is 0 Å². The molecule has 0 saturated carbocycles. The summed E-state index contributed by atoms with van der Waals surface area (Å²) in [5, 5.41) is 7.28. The van der Waals surface area contributed by atoms with Gasteiger partial charge in [0, 0.05) is 12.6 Å². The summed E-state index contributed by atoms with van der Waals surface area (Å²) in [6.07, 6.45) is 0. The average Bonchev–Trinajstić information content (AvgIpc) is 2.88. The molecule has 0 spiro atoms. The van der Waals surface area contributed by atoms with Gasteiger partial charge >= 0.3 is 0 Å². The first-order valence-corrected chi connectivity index (χ1v) is 7.08. The monoisotopic (exact) mass is 292 g/mol. The highest BCUT2D eigenvalue weighted by Crippen LogP contribution is 2.17. The van der Waals surface area contributed by atoms with E-state index in [-0.39, 0.29) is 12.4 Å². The third kappa shape index (κ3) is 4.86. The summed E-state index contributed by atoms with van der Waals surface area (Å²) in [4.78, 5) is 0. The maximum atomic E-state index is 13.1. The van der Waals surface area contributed by atoms with Crippen molar-refractivity contribution < 1.29 is 13.7 Å². The van der Waals surface area contributed by atoms with Gasteiger partial charge in [0.15, 0.2) is 5.76 Å². The molecule has 0 aliphatic rings. The van der Waals surface area contributed by atoms with Crippen LogP contribution >= 0.6 is 0 Å². The van der Waals surface area contributed by atoms with E-state index in [9.17, 15) is 4.39 Å². The predicted molar refractivity (Wildman–Crippen MR) is 78.5 cm³/mol. The van der Waals surface area contributed by atoms with E-state index in [1.807, 2.05) is 6.07 Å². The molecule has 114 valence electrons. The van der Waals surface area contributed by atoms with E-state index in [4.69, 9.17) is 9.26 Å². The van der Waals surface area contributed by atoms with Gasteiger partial charge in [-0.3, -0.25) is 0 Å². The summed E-state index contributed by atoms with van der Waals surface area (Å²) in [5.74, 6) is 1.63. The summed E-state index contributed by atoms with van der Waals surface area (Å²) in [6.45, 7) is 7.90. The van der Waals surface area contributed by atoms with E-state index in [1.54, 1.807) is 19.1 Å². The summed E-state index contributed by atoms with van der Waals surface area (Å²) in [6, 6.07) is 6.52. The molecule has 0 unspecified atom stereocenters. The third-order valence-corrected chi connectivity index (χ3v) is 2.98. The Morgan fingerprint density at radius 3 is 2.86 bits per heavy atom. The third-order valence-electron chi connectivity index (χ3n) is 2.98. The summed E-state index contributed by atoms with van der Waals surface area (Å²) >= 11 is 0. The lowest BCUT2D eigenvalue weighted by Gasteiger charge is -2.05. The van der Waals surface area contributed by atoms with Crippen LogP contribution in [-0.4, -0.2) is 11.7 Å². The van der Waals surface area contributed by atoms with Gasteiger partial charge in [0.25, 0.3) is 0 Å². The number of rotatable bonds is 7. The molecule has 2 aromatic rings. The van der Waals surface area contributed by atoms with Gasteiger partial charge in [-0.2, -0.15) is 0 Å². The summed E-state index contributed by atoms with van der Waals surface area (Å²) < 4.78 is 23.9. The highest BCUT2D eigenvalue weighted by atomic mass is 19.1. The molecule has 1 aromatic heterocycles. The Morgan fingerprint density at radius 1 is 1.33 bits per heavy atom. The molecule has 21 heavy (non-hydrogen) atoms. The van der Waals surface area contributed by atoms with E-state index in [0.717, 1.165) is 12.2 Å². The molecule has 0 radical (unpaired) electrons. The maximum Gasteiger partial charge on any atom is 0.174 e. The Kier molecular flexibility index (Phi) is 5.33. The number of hydrogen-bond donors (Lipinski definition) is 1. The topological polar surface area (TPSA) is 47.3 Å². The molecular weight excluding hydrogens is 271 g/mol. The molecule has 0 amide bonds. The van der Waals surface area contributed by atoms with Crippen LogP contribution < -0.4 is 10.1 Å². The maximum absolute atomic E-state index is 13.1. The second-order valence-corrected chi connectivity index (χ2v) is 5.51. The number of aryl methyl sites for hydroxylation is 1. The first-order chi connectivity index (χ1) is 10.0. The molecule has 0 atom stereocenters. The lowest BCUT2D eigenvalue weighted by atomic mass is 10.2. The zero-order valence-electron chi connectivity index (χ0n) is 12.6. The minimum Gasteiger partial charge on any atom is -0.486 e. The Bertz CT molecular complexity index is 581. The predicted octanol–water partition coefficient (Wildman–Crippen LogP) is 3.45. The van der Waals surface area contributed by atoms with Crippen LogP contribution in [0.3, 0.4) is 0 Å². The molecule has 0 bridgehead atoms. The summed E-state index contributed by atoms with van der Waals surface area (Å²) in [5.41, 5.74) is 1.41. The summed E-state index contributed by atoms with van der Waals surface area (Å²) in [7, 11) is 0. The first-order valence-electron chi connectivity index (χ1n) is 7.08. The Morgan fingerprint density at radius 2 is 2.14 bits per heavy atom. The Hall–Kier alpha value is -1.88. The van der Waals surface area contributed by atoms with Crippen molar-refractivity contribution in [3.63, 3.8) is 0 Å². The van der Waals surface area contributed by atoms with Crippen LogP contribution in [0.1, 0.15) is 30.9 Å². The van der Waals surface area contributed by atoms with Gasteiger partial charge in [-0.1, -0.05) is 19.0 Å². The fourth-order valence-electron chi connectivity index (χ4n) is 1.86. The second kappa shape index (κ2) is 7.22. The fourth-order valence-corrected chi connectivity index (χ4v) is 1.86. The van der Waals surface area contributed by atoms with Crippen LogP contribution in [-0.2, 0) is 13.2 Å². The molecule has 4 nitrogen and oxygen atoms in total. The quantitative estimate of drug-likeness (QED) is 0.849. The molecule has 5 heteroatoms. The number of nitrogens with one attached hydrogen (secondary N) is 1. The van der Waals surface area contributed by atoms with Crippen molar-refractivity contribution in [3.8, 4) is 5.75 Å². The van der Waals surface area contributed by atoms with Crippen molar-refractivity contribution in [1.29, 1.82) is 0 Å². The average molecular weight is 292 g/mol. The minimum absolute atomic E-state index is 0.236. The second-order valence-electron chi connectivity index (χ2n) is 5.51. The van der Waals surface area contributed by atoms with Gasteiger partial charge in [0.1, 0.15) is 18.2 Å². The van der Waals surface area contributed by atoms with Crippen LogP contribution in [0.25, 0.3) is 0 Å². The number of aromatic nitrogens is 1. The van der Waals surface area contributed by atoms with Crippen LogP contribution in [0.15, 0.2) is 28.8 Å². The lowest BCUT2D eigenvalue weighted by molar-refractivity contribution is 0.248. The molecule has 2 rings (SSSR count). The molecule has 0 aliphatic heterocycles. The SMILES string of the molecule is Cc1cc(OCc2cc(CNCC(C)C)no2)ccc1F. The van der Waals surface area contributed by atoms with E-state index in [2.05, 4.69) is 24.3 Å². The highest BCUT2D eigenvalue weighted by Gasteiger charge is 2.06. The molecule has 0 fully saturated rings. The number of ether oxygens (including phenoxy) is 1. The van der Waals surface area contributed by atoms with Crippen molar-refractivity contribution in [2.75, 3.05) is 6.54 Å². The van der Waals surface area contributed by atoms with Gasteiger partial charge in [-0.25, -0.2) is 4.39 Å². The largest absolute Gasteiger partial charge is 0.486 e. The van der Waals surface area contributed by atoms with Crippen LogP contribution in [0.5, 0.6) is 5.75 Å². The first kappa shape index (κ1) is 15.5. The zero-order valence-corrected chi connectivity index (χ0v) is 12.6. The normalized spacial score (nSPS) is 11.1. The van der Waals surface area contributed by atoms with E-state index >= 15 is 0 Å². The van der Waals surface area contributed by atoms with E-state index in [1.165, 1.54) is 6.07 Å². The van der Waals surface area contributed by atoms with Gasteiger partial charge in [0.05, 0.1) is 5.69 Å². The van der Waals surface area contributed by atoms with Crippen molar-refractivity contribution in [2.24, 2.45) is 5.92 Å². The molecule has 0 saturated heterocycles. The van der Waals surface area contributed by atoms with Crippen LogP contribution in [0.4, 0.5) is 4.39 Å². The molecule has 0 aliphatic carbocycles. The molecule has 1 heterocycles.